The molecule has 52 heavy (non-hydrogen) atoms. The van der Waals surface area contributed by atoms with E-state index in [9.17, 15) is 14.4 Å². The van der Waals surface area contributed by atoms with Crippen LogP contribution in [0.4, 0.5) is 4.79 Å². The number of rotatable bonds is 12. The number of nitrogens with one attached hydrogen (secondary N) is 5. The lowest BCUT2D eigenvalue weighted by Gasteiger charge is -2.30. The number of imidazole rings is 2. The highest BCUT2D eigenvalue weighted by atomic mass is 16.5. The molecule has 2 atom stereocenters. The zero-order valence-electron chi connectivity index (χ0n) is 30.3. The molecule has 6 rings (SSSR count). The van der Waals surface area contributed by atoms with Gasteiger partial charge in [0.15, 0.2) is 0 Å². The minimum Gasteiger partial charge on any atom is -0.453 e. The summed E-state index contributed by atoms with van der Waals surface area (Å²) >= 11 is 0. The molecular formula is C39H47N9O4. The summed E-state index contributed by atoms with van der Waals surface area (Å²) in [4.78, 5) is 60.0. The second-order valence-electron chi connectivity index (χ2n) is 13.6. The van der Waals surface area contributed by atoms with Gasteiger partial charge in [-0.15, -0.1) is 0 Å². The number of pyridine rings is 1. The fourth-order valence-corrected chi connectivity index (χ4v) is 6.81. The number of hydrogen-bond donors (Lipinski definition) is 5. The summed E-state index contributed by atoms with van der Waals surface area (Å²) in [5, 5.41) is 8.45. The first kappa shape index (κ1) is 36.3. The number of aromatic amines is 2. The van der Waals surface area contributed by atoms with Crippen LogP contribution in [0.2, 0.25) is 0 Å². The fraction of sp³-hybridized carbons (Fsp3) is 0.436. The predicted octanol–water partition coefficient (Wildman–Crippen LogP) is 4.06. The molecule has 1 aliphatic carbocycles. The Morgan fingerprint density at radius 3 is 2.63 bits per heavy atom. The summed E-state index contributed by atoms with van der Waals surface area (Å²) in [7, 11) is 3.05. The van der Waals surface area contributed by atoms with Crippen molar-refractivity contribution in [3.05, 3.63) is 76.8 Å². The molecule has 1 saturated heterocycles. The van der Waals surface area contributed by atoms with Crippen molar-refractivity contribution < 1.29 is 19.1 Å². The number of alkyl carbamates (subject to hydrolysis) is 1. The third-order valence-corrected chi connectivity index (χ3v) is 9.56. The van der Waals surface area contributed by atoms with Gasteiger partial charge in [0.1, 0.15) is 17.7 Å². The van der Waals surface area contributed by atoms with E-state index < -0.39 is 12.1 Å². The van der Waals surface area contributed by atoms with E-state index >= 15 is 0 Å². The Morgan fingerprint density at radius 1 is 1.04 bits per heavy atom. The second kappa shape index (κ2) is 16.7. The first-order valence-electron chi connectivity index (χ1n) is 18.0. The lowest BCUT2D eigenvalue weighted by molar-refractivity contribution is -0.135. The van der Waals surface area contributed by atoms with Crippen molar-refractivity contribution in [2.24, 2.45) is 5.92 Å². The second-order valence-corrected chi connectivity index (χ2v) is 13.6. The molecule has 4 heterocycles. The smallest absolute Gasteiger partial charge is 0.407 e. The minimum atomic E-state index is -0.672. The summed E-state index contributed by atoms with van der Waals surface area (Å²) in [5.74, 6) is 8.03. The number of H-pyrrole nitrogens is 2. The molecular weight excluding hydrogens is 658 g/mol. The van der Waals surface area contributed by atoms with Gasteiger partial charge in [0.25, 0.3) is 0 Å². The van der Waals surface area contributed by atoms with Crippen molar-refractivity contribution in [3.8, 4) is 34.5 Å². The van der Waals surface area contributed by atoms with E-state index in [0.717, 1.165) is 96.1 Å². The maximum Gasteiger partial charge on any atom is 0.407 e. The Bertz CT molecular complexity index is 1950. The van der Waals surface area contributed by atoms with Crippen LogP contribution in [0, 0.1) is 17.8 Å². The fourth-order valence-electron chi connectivity index (χ4n) is 6.81. The zero-order valence-corrected chi connectivity index (χ0v) is 30.3. The Kier molecular flexibility index (Phi) is 11.7. The normalized spacial score (nSPS) is 15.3. The van der Waals surface area contributed by atoms with Crippen LogP contribution < -0.4 is 16.0 Å². The molecule has 13 nitrogen and oxygen atoms in total. The number of amides is 3. The van der Waals surface area contributed by atoms with E-state index in [2.05, 4.69) is 59.9 Å². The molecule has 272 valence electrons. The number of likely N-dealkylation sites (N-methyl/N-ethyl adjacent to an activating group) is 1. The van der Waals surface area contributed by atoms with Crippen LogP contribution in [0.3, 0.4) is 0 Å². The van der Waals surface area contributed by atoms with Gasteiger partial charge < -0.3 is 35.6 Å². The number of carbonyl (C=O) groups is 3. The SMILES string of the molecule is CNCC(=O)NCCCCc1ncc(-c2ccc(C#Cc3ccc4c(c3)CCc3[nH]c(C5CCCN5C(=O)C(NC(=O)OC)C(C)C)nc3-4)cn2)[nH]1. The summed E-state index contributed by atoms with van der Waals surface area (Å²) in [6.07, 6.45) is 8.92. The van der Waals surface area contributed by atoms with Crippen molar-refractivity contribution in [1.82, 2.24) is 45.8 Å². The number of methoxy groups -OCH3 is 1. The Balaban J connectivity index is 1.08. The Morgan fingerprint density at radius 2 is 1.87 bits per heavy atom. The van der Waals surface area contributed by atoms with Crippen molar-refractivity contribution >= 4 is 17.9 Å². The number of aromatic nitrogens is 5. The van der Waals surface area contributed by atoms with E-state index in [1.807, 2.05) is 36.9 Å². The third-order valence-electron chi connectivity index (χ3n) is 9.56. The van der Waals surface area contributed by atoms with E-state index in [1.54, 1.807) is 19.4 Å². The predicted molar refractivity (Wildman–Crippen MR) is 197 cm³/mol. The molecule has 1 fully saturated rings. The van der Waals surface area contributed by atoms with Crippen LogP contribution in [0.1, 0.15) is 79.6 Å². The lowest BCUT2D eigenvalue weighted by atomic mass is 9.91. The Hall–Kier alpha value is -5.48. The summed E-state index contributed by atoms with van der Waals surface area (Å²) in [6, 6.07) is 9.31. The van der Waals surface area contributed by atoms with E-state index in [0.29, 0.717) is 19.6 Å². The van der Waals surface area contributed by atoms with Crippen LogP contribution in [0.5, 0.6) is 0 Å². The number of nitrogens with zero attached hydrogens (tertiary/aromatic N) is 4. The average molecular weight is 706 g/mol. The van der Waals surface area contributed by atoms with Crippen LogP contribution >= 0.6 is 0 Å². The molecule has 2 unspecified atom stereocenters. The number of hydrogen-bond acceptors (Lipinski definition) is 8. The van der Waals surface area contributed by atoms with E-state index in [1.165, 1.54) is 12.7 Å². The highest BCUT2D eigenvalue weighted by molar-refractivity contribution is 5.86. The summed E-state index contributed by atoms with van der Waals surface area (Å²) in [6.45, 7) is 5.42. The number of aryl methyl sites for hydroxylation is 3. The van der Waals surface area contributed by atoms with Gasteiger partial charge >= 0.3 is 6.09 Å². The first-order chi connectivity index (χ1) is 25.2. The molecule has 5 N–H and O–H groups in total. The van der Waals surface area contributed by atoms with Crippen LogP contribution in [-0.4, -0.2) is 87.6 Å². The van der Waals surface area contributed by atoms with Gasteiger partial charge in [-0.1, -0.05) is 31.8 Å². The molecule has 13 heteroatoms. The zero-order chi connectivity index (χ0) is 36.6. The van der Waals surface area contributed by atoms with E-state index in [-0.39, 0.29) is 23.8 Å². The average Bonchev–Trinajstić information content (AvgIpc) is 3.93. The van der Waals surface area contributed by atoms with Gasteiger partial charge in [-0.2, -0.15) is 0 Å². The Labute approximate surface area is 304 Å². The molecule has 1 aliphatic heterocycles. The number of unbranched alkanes of at least 4 members (excludes halogenated alkanes) is 1. The highest BCUT2D eigenvalue weighted by Gasteiger charge is 2.38. The maximum absolute atomic E-state index is 13.6. The molecule has 4 aromatic rings. The summed E-state index contributed by atoms with van der Waals surface area (Å²) < 4.78 is 4.77. The molecule has 0 spiro atoms. The van der Waals surface area contributed by atoms with Crippen molar-refractivity contribution in [3.63, 3.8) is 0 Å². The number of fused-ring (bicyclic) bond motifs is 3. The molecule has 1 aromatic carbocycles. The highest BCUT2D eigenvalue weighted by Crippen LogP contribution is 2.37. The number of ether oxygens (including phenoxy) is 1. The number of likely N-dealkylation sites (tertiary alicyclic amines) is 1. The van der Waals surface area contributed by atoms with Crippen molar-refractivity contribution in [2.45, 2.75) is 70.9 Å². The van der Waals surface area contributed by atoms with Crippen LogP contribution in [0.15, 0.2) is 42.7 Å². The molecule has 2 aliphatic rings. The van der Waals surface area contributed by atoms with Gasteiger partial charge in [-0.25, -0.2) is 14.8 Å². The number of benzene rings is 1. The monoisotopic (exact) mass is 705 g/mol. The van der Waals surface area contributed by atoms with Gasteiger partial charge in [-0.05, 0) is 81.3 Å². The van der Waals surface area contributed by atoms with E-state index in [4.69, 9.17) is 9.72 Å². The van der Waals surface area contributed by atoms with Gasteiger partial charge in [0, 0.05) is 48.1 Å². The first-order valence-corrected chi connectivity index (χ1v) is 18.0. The van der Waals surface area contributed by atoms with Crippen LogP contribution in [0.25, 0.3) is 22.6 Å². The molecule has 3 aromatic heterocycles. The van der Waals surface area contributed by atoms with Gasteiger partial charge in [0.2, 0.25) is 11.8 Å². The molecule has 3 amide bonds. The quantitative estimate of drug-likeness (QED) is 0.109. The standard InChI is InChI=1S/C39H47N9O4/c1-24(2)35(47-39(51)52-4)38(50)48-19-7-8-32(48)37-45-30-17-14-27-20-25(12-15-28(27)36(30)46-37)10-11-26-13-16-29(42-21-26)31-22-43-33(44-31)9-5-6-18-41-34(49)23-40-3/h12-13,15-16,20-22,24,32,35,40H,5-9,14,17-19,23H2,1-4H3,(H,41,49)(H,43,44)(H,45,46)(H,47,51). The lowest BCUT2D eigenvalue weighted by Crippen LogP contribution is -2.51. The molecule has 0 saturated carbocycles. The molecule has 0 radical (unpaired) electrons. The minimum absolute atomic E-state index is 0.00499. The van der Waals surface area contributed by atoms with Crippen molar-refractivity contribution in [2.75, 3.05) is 33.8 Å². The van der Waals surface area contributed by atoms with Crippen LogP contribution in [-0.2, 0) is 33.6 Å². The summed E-state index contributed by atoms with van der Waals surface area (Å²) in [5.41, 5.74) is 7.68. The topological polar surface area (TPSA) is 170 Å². The van der Waals surface area contributed by atoms with Crippen molar-refractivity contribution in [1.29, 1.82) is 0 Å². The third kappa shape index (κ3) is 8.51. The van der Waals surface area contributed by atoms with Gasteiger partial charge in [0.05, 0.1) is 43.0 Å². The maximum atomic E-state index is 13.6. The van der Waals surface area contributed by atoms with Gasteiger partial charge in [-0.3, -0.25) is 14.6 Å². The number of carbonyl (C=O) groups excluding carboxylic acids is 3. The molecule has 0 bridgehead atoms. The largest absolute Gasteiger partial charge is 0.453 e.